The number of anilines is 2. The van der Waals surface area contributed by atoms with Crippen LogP contribution >= 0.6 is 0 Å². The summed E-state index contributed by atoms with van der Waals surface area (Å²) in [6.45, 7) is 5.98. The van der Waals surface area contributed by atoms with Gasteiger partial charge in [-0.15, -0.1) is 0 Å². The van der Waals surface area contributed by atoms with Crippen molar-refractivity contribution in [2.75, 3.05) is 23.3 Å². The second-order valence-electron chi connectivity index (χ2n) is 7.74. The van der Waals surface area contributed by atoms with E-state index in [1.54, 1.807) is 0 Å². The third-order valence-corrected chi connectivity index (χ3v) is 5.45. The Bertz CT molecular complexity index is 829. The number of carbonyl (C=O) groups is 2. The molecule has 1 saturated heterocycles. The van der Waals surface area contributed by atoms with E-state index < -0.39 is 0 Å². The van der Waals surface area contributed by atoms with Crippen molar-refractivity contribution in [2.45, 2.75) is 52.0 Å². The van der Waals surface area contributed by atoms with Crippen molar-refractivity contribution < 1.29 is 9.59 Å². The third-order valence-electron chi connectivity index (χ3n) is 5.45. The molecule has 0 aliphatic carbocycles. The Kier molecular flexibility index (Phi) is 7.28. The first-order valence-electron chi connectivity index (χ1n) is 10.6. The van der Waals surface area contributed by atoms with Crippen molar-refractivity contribution in [2.24, 2.45) is 0 Å². The summed E-state index contributed by atoms with van der Waals surface area (Å²) in [6, 6.07) is 15.8. The Balaban J connectivity index is 1.72. The van der Waals surface area contributed by atoms with E-state index in [4.69, 9.17) is 0 Å². The van der Waals surface area contributed by atoms with E-state index in [0.717, 1.165) is 43.6 Å². The Morgan fingerprint density at radius 2 is 1.79 bits per heavy atom. The van der Waals surface area contributed by atoms with E-state index in [9.17, 15) is 9.59 Å². The summed E-state index contributed by atoms with van der Waals surface area (Å²) in [7, 11) is 0. The molecule has 154 valence electrons. The van der Waals surface area contributed by atoms with Gasteiger partial charge in [0.05, 0.1) is 5.56 Å². The van der Waals surface area contributed by atoms with E-state index in [2.05, 4.69) is 22.5 Å². The number of nitrogens with zero attached hydrogens (tertiary/aromatic N) is 1. The van der Waals surface area contributed by atoms with Crippen molar-refractivity contribution >= 4 is 23.2 Å². The molecule has 5 nitrogen and oxygen atoms in total. The zero-order chi connectivity index (χ0) is 20.6. The van der Waals surface area contributed by atoms with Gasteiger partial charge in [0.1, 0.15) is 0 Å². The standard InChI is InChI=1S/C24H31N3O2/c1-3-18(2)25-24(29)21-17-20(12-13-22(21)27-15-7-8-16-27)26-23(28)14-11-19-9-5-4-6-10-19/h4-6,9-10,12-13,17-18H,3,7-8,11,14-16H2,1-2H3,(H,25,29)(H,26,28). The van der Waals surface area contributed by atoms with Gasteiger partial charge in [0.25, 0.3) is 5.91 Å². The van der Waals surface area contributed by atoms with Crippen molar-refractivity contribution in [3.05, 3.63) is 59.7 Å². The van der Waals surface area contributed by atoms with Gasteiger partial charge in [-0.3, -0.25) is 9.59 Å². The predicted octanol–water partition coefficient (Wildman–Crippen LogP) is 4.39. The fraction of sp³-hybridized carbons (Fsp3) is 0.417. The van der Waals surface area contributed by atoms with Crippen molar-refractivity contribution in [1.29, 1.82) is 0 Å². The van der Waals surface area contributed by atoms with Crippen LogP contribution < -0.4 is 15.5 Å². The molecule has 1 aliphatic heterocycles. The van der Waals surface area contributed by atoms with Gasteiger partial charge in [-0.1, -0.05) is 37.3 Å². The van der Waals surface area contributed by atoms with Gasteiger partial charge in [-0.25, -0.2) is 0 Å². The average molecular weight is 394 g/mol. The van der Waals surface area contributed by atoms with Crippen LogP contribution in [0.4, 0.5) is 11.4 Å². The molecular weight excluding hydrogens is 362 g/mol. The largest absolute Gasteiger partial charge is 0.371 e. The molecule has 0 spiro atoms. The van der Waals surface area contributed by atoms with Crippen molar-refractivity contribution in [1.82, 2.24) is 5.32 Å². The molecule has 0 aromatic heterocycles. The molecule has 29 heavy (non-hydrogen) atoms. The Hall–Kier alpha value is -2.82. The molecule has 3 rings (SSSR count). The topological polar surface area (TPSA) is 61.4 Å². The normalized spacial score (nSPS) is 14.5. The van der Waals surface area contributed by atoms with E-state index in [1.807, 2.05) is 55.5 Å². The van der Waals surface area contributed by atoms with Crippen molar-refractivity contribution in [3.63, 3.8) is 0 Å². The number of amides is 2. The molecule has 1 heterocycles. The summed E-state index contributed by atoms with van der Waals surface area (Å²) in [5.74, 6) is -0.127. The minimum Gasteiger partial charge on any atom is -0.371 e. The number of aryl methyl sites for hydroxylation is 1. The lowest BCUT2D eigenvalue weighted by molar-refractivity contribution is -0.116. The summed E-state index contributed by atoms with van der Waals surface area (Å²) in [6.07, 6.45) is 4.27. The van der Waals surface area contributed by atoms with Crippen LogP contribution in [0.25, 0.3) is 0 Å². The van der Waals surface area contributed by atoms with Crippen LogP contribution in [-0.4, -0.2) is 30.9 Å². The summed E-state index contributed by atoms with van der Waals surface area (Å²) in [4.78, 5) is 27.6. The number of carbonyl (C=O) groups excluding carboxylic acids is 2. The van der Waals surface area contributed by atoms with Gasteiger partial charge in [0.2, 0.25) is 5.91 Å². The second-order valence-corrected chi connectivity index (χ2v) is 7.74. The molecular formula is C24H31N3O2. The van der Waals surface area contributed by atoms with Gasteiger partial charge >= 0.3 is 0 Å². The lowest BCUT2D eigenvalue weighted by Crippen LogP contribution is -2.33. The highest BCUT2D eigenvalue weighted by atomic mass is 16.2. The van der Waals surface area contributed by atoms with Gasteiger partial charge in [0, 0.05) is 36.9 Å². The highest BCUT2D eigenvalue weighted by molar-refractivity contribution is 6.02. The molecule has 0 bridgehead atoms. The first kappa shape index (κ1) is 20.9. The summed E-state index contributed by atoms with van der Waals surface area (Å²) in [5, 5.41) is 6.01. The minimum absolute atomic E-state index is 0.0453. The Morgan fingerprint density at radius 1 is 1.07 bits per heavy atom. The maximum atomic E-state index is 12.9. The predicted molar refractivity (Wildman–Crippen MR) is 119 cm³/mol. The van der Waals surface area contributed by atoms with E-state index in [-0.39, 0.29) is 17.9 Å². The Morgan fingerprint density at radius 3 is 2.48 bits per heavy atom. The number of hydrogen-bond donors (Lipinski definition) is 2. The first-order valence-corrected chi connectivity index (χ1v) is 10.6. The van der Waals surface area contributed by atoms with Gasteiger partial charge in [-0.2, -0.15) is 0 Å². The zero-order valence-electron chi connectivity index (χ0n) is 17.4. The molecule has 2 N–H and O–H groups in total. The monoisotopic (exact) mass is 393 g/mol. The lowest BCUT2D eigenvalue weighted by Gasteiger charge is -2.23. The maximum Gasteiger partial charge on any atom is 0.253 e. The molecule has 2 aromatic carbocycles. The zero-order valence-corrected chi connectivity index (χ0v) is 17.4. The molecule has 5 heteroatoms. The maximum absolute atomic E-state index is 12.9. The SMILES string of the molecule is CCC(C)NC(=O)c1cc(NC(=O)CCc2ccccc2)ccc1N1CCCC1. The summed E-state index contributed by atoms with van der Waals surface area (Å²) in [5.41, 5.74) is 3.39. The molecule has 1 fully saturated rings. The number of hydrogen-bond acceptors (Lipinski definition) is 3. The lowest BCUT2D eigenvalue weighted by atomic mass is 10.1. The number of benzene rings is 2. The van der Waals surface area contributed by atoms with Crippen LogP contribution in [0.5, 0.6) is 0 Å². The highest BCUT2D eigenvalue weighted by Gasteiger charge is 2.21. The minimum atomic E-state index is -0.0818. The van der Waals surface area contributed by atoms with Gasteiger partial charge in [-0.05, 0) is 56.4 Å². The fourth-order valence-electron chi connectivity index (χ4n) is 3.56. The van der Waals surface area contributed by atoms with E-state index in [1.165, 1.54) is 0 Å². The fourth-order valence-corrected chi connectivity index (χ4v) is 3.56. The average Bonchev–Trinajstić information content (AvgIpc) is 3.27. The molecule has 1 atom stereocenters. The molecule has 1 unspecified atom stereocenters. The molecule has 1 aliphatic rings. The van der Waals surface area contributed by atoms with Crippen LogP contribution in [0.15, 0.2) is 48.5 Å². The van der Waals surface area contributed by atoms with Crippen molar-refractivity contribution in [3.8, 4) is 0 Å². The van der Waals surface area contributed by atoms with Crippen LogP contribution in [0.1, 0.15) is 55.5 Å². The van der Waals surface area contributed by atoms with Crippen LogP contribution in [0, 0.1) is 0 Å². The van der Waals surface area contributed by atoms with E-state index >= 15 is 0 Å². The second kappa shape index (κ2) is 10.1. The van der Waals surface area contributed by atoms with Gasteiger partial charge in [0.15, 0.2) is 0 Å². The van der Waals surface area contributed by atoms with Crippen LogP contribution in [0.2, 0.25) is 0 Å². The molecule has 2 amide bonds. The highest BCUT2D eigenvalue weighted by Crippen LogP contribution is 2.28. The smallest absolute Gasteiger partial charge is 0.253 e. The molecule has 2 aromatic rings. The van der Waals surface area contributed by atoms with E-state index in [0.29, 0.717) is 24.1 Å². The van der Waals surface area contributed by atoms with Crippen LogP contribution in [0.3, 0.4) is 0 Å². The molecule has 0 saturated carbocycles. The summed E-state index contributed by atoms with van der Waals surface area (Å²) < 4.78 is 0. The number of nitrogens with one attached hydrogen (secondary N) is 2. The summed E-state index contributed by atoms with van der Waals surface area (Å²) >= 11 is 0. The Labute approximate surface area is 173 Å². The first-order chi connectivity index (χ1) is 14.1. The third kappa shape index (κ3) is 5.83. The van der Waals surface area contributed by atoms with Gasteiger partial charge < -0.3 is 15.5 Å². The molecule has 0 radical (unpaired) electrons. The quantitative estimate of drug-likeness (QED) is 0.699. The van der Waals surface area contributed by atoms with Crippen LogP contribution in [-0.2, 0) is 11.2 Å². The number of rotatable bonds is 8.